The molecule has 1 aliphatic carbocycles. The number of hydrogen-bond donors (Lipinski definition) is 1. The van der Waals surface area contributed by atoms with Crippen molar-refractivity contribution in [1.82, 2.24) is 0 Å². The first-order valence-corrected chi connectivity index (χ1v) is 6.59. The molecule has 0 amide bonds. The van der Waals surface area contributed by atoms with E-state index in [1.54, 1.807) is 0 Å². The van der Waals surface area contributed by atoms with Crippen molar-refractivity contribution < 1.29 is 0 Å². The number of benzene rings is 2. The number of hydrogen-bond acceptors (Lipinski definition) is 1. The van der Waals surface area contributed by atoms with Crippen LogP contribution < -0.4 is 5.73 Å². The third-order valence-electron chi connectivity index (χ3n) is 3.22. The van der Waals surface area contributed by atoms with E-state index in [0.29, 0.717) is 0 Å². The van der Waals surface area contributed by atoms with E-state index in [4.69, 9.17) is 5.73 Å². The fourth-order valence-electron chi connectivity index (χ4n) is 2.08. The maximum atomic E-state index is 5.67. The standard InChI is InChI=1S/C19H15N/c20-19-13-9-16(10-14-19)6-5-15-7-11-18(12-8-15)17-3-1-2-4-17/h1-3,5-14H,20H2/b6-5+. The molecule has 0 unspecified atom stereocenters. The van der Waals surface area contributed by atoms with Crippen molar-refractivity contribution in [3.63, 3.8) is 0 Å². The van der Waals surface area contributed by atoms with Crippen LogP contribution >= 0.6 is 0 Å². The van der Waals surface area contributed by atoms with Crippen molar-refractivity contribution in [2.45, 2.75) is 0 Å². The minimum atomic E-state index is 0.789. The highest BCUT2D eigenvalue weighted by molar-refractivity contribution is 5.77. The van der Waals surface area contributed by atoms with Gasteiger partial charge in [-0.25, -0.2) is 0 Å². The smallest absolute Gasteiger partial charge is 0.0314 e. The van der Waals surface area contributed by atoms with Crippen LogP contribution in [0.1, 0.15) is 16.7 Å². The Morgan fingerprint density at radius 1 is 0.800 bits per heavy atom. The molecule has 1 heteroatoms. The van der Waals surface area contributed by atoms with Crippen molar-refractivity contribution in [2.24, 2.45) is 0 Å². The van der Waals surface area contributed by atoms with Gasteiger partial charge in [-0.05, 0) is 41.0 Å². The summed E-state index contributed by atoms with van der Waals surface area (Å²) in [6.07, 6.45) is 10.2. The van der Waals surface area contributed by atoms with Gasteiger partial charge in [0.05, 0.1) is 0 Å². The second-order valence-corrected chi connectivity index (χ2v) is 4.71. The molecule has 0 radical (unpaired) electrons. The number of nitrogen functional groups attached to an aromatic ring is 1. The first-order valence-electron chi connectivity index (χ1n) is 6.59. The molecule has 2 aromatic rings. The summed E-state index contributed by atoms with van der Waals surface area (Å²) < 4.78 is 0. The van der Waals surface area contributed by atoms with Gasteiger partial charge < -0.3 is 5.73 Å². The van der Waals surface area contributed by atoms with Crippen LogP contribution in [0.5, 0.6) is 0 Å². The van der Waals surface area contributed by atoms with E-state index in [1.807, 2.05) is 36.4 Å². The quantitative estimate of drug-likeness (QED) is 0.487. The van der Waals surface area contributed by atoms with Crippen LogP contribution in [0.3, 0.4) is 0 Å². The highest BCUT2D eigenvalue weighted by Crippen LogP contribution is 2.19. The zero-order valence-electron chi connectivity index (χ0n) is 11.1. The molecule has 0 spiro atoms. The summed E-state index contributed by atoms with van der Waals surface area (Å²) in [5, 5.41) is 0. The maximum Gasteiger partial charge on any atom is 0.0314 e. The first kappa shape index (κ1) is 12.3. The largest absolute Gasteiger partial charge is 0.399 e. The zero-order valence-corrected chi connectivity index (χ0v) is 11.1. The summed E-state index contributed by atoms with van der Waals surface area (Å²) >= 11 is 0. The van der Waals surface area contributed by atoms with E-state index >= 15 is 0 Å². The number of rotatable bonds is 3. The van der Waals surface area contributed by atoms with Gasteiger partial charge in [-0.2, -0.15) is 0 Å². The lowest BCUT2D eigenvalue weighted by Gasteiger charge is -2.00. The van der Waals surface area contributed by atoms with Crippen LogP contribution in [-0.2, 0) is 0 Å². The van der Waals surface area contributed by atoms with E-state index in [-0.39, 0.29) is 0 Å². The van der Waals surface area contributed by atoms with Gasteiger partial charge in [0, 0.05) is 11.3 Å². The minimum Gasteiger partial charge on any atom is -0.399 e. The third kappa shape index (κ3) is 2.80. The molecule has 0 saturated heterocycles. The Morgan fingerprint density at radius 3 is 1.95 bits per heavy atom. The van der Waals surface area contributed by atoms with Gasteiger partial charge in [0.25, 0.3) is 0 Å². The predicted octanol–water partition coefficient (Wildman–Crippen LogP) is 4.55. The van der Waals surface area contributed by atoms with Crippen molar-refractivity contribution in [3.05, 3.63) is 89.2 Å². The van der Waals surface area contributed by atoms with Gasteiger partial charge in [0.2, 0.25) is 0 Å². The van der Waals surface area contributed by atoms with Gasteiger partial charge in [-0.1, -0.05) is 54.6 Å². The Bertz CT molecular complexity index is 722. The lowest BCUT2D eigenvalue weighted by molar-refractivity contribution is 1.60. The van der Waals surface area contributed by atoms with Crippen molar-refractivity contribution in [1.29, 1.82) is 0 Å². The van der Waals surface area contributed by atoms with Gasteiger partial charge in [-0.15, -0.1) is 5.73 Å². The minimum absolute atomic E-state index is 0.789. The fourth-order valence-corrected chi connectivity index (χ4v) is 2.08. The van der Waals surface area contributed by atoms with Crippen LogP contribution in [0, 0.1) is 0 Å². The molecule has 1 aliphatic rings. The topological polar surface area (TPSA) is 26.0 Å². The molecule has 0 heterocycles. The van der Waals surface area contributed by atoms with Crippen molar-refractivity contribution >= 4 is 23.4 Å². The second kappa shape index (κ2) is 5.48. The van der Waals surface area contributed by atoms with Gasteiger partial charge in [0.1, 0.15) is 0 Å². The van der Waals surface area contributed by atoms with Crippen LogP contribution in [0.2, 0.25) is 0 Å². The molecule has 3 rings (SSSR count). The Labute approximate surface area is 119 Å². The average molecular weight is 257 g/mol. The Hall–Kier alpha value is -2.76. The van der Waals surface area contributed by atoms with Crippen LogP contribution in [-0.4, -0.2) is 0 Å². The van der Waals surface area contributed by atoms with Crippen LogP contribution in [0.25, 0.3) is 17.7 Å². The number of allylic oxidation sites excluding steroid dienone is 3. The van der Waals surface area contributed by atoms with E-state index < -0.39 is 0 Å². The first-order chi connectivity index (χ1) is 9.81. The highest BCUT2D eigenvalue weighted by atomic mass is 14.5. The molecule has 1 nitrogen and oxygen atoms in total. The summed E-state index contributed by atoms with van der Waals surface area (Å²) in [7, 11) is 0. The summed E-state index contributed by atoms with van der Waals surface area (Å²) in [4.78, 5) is 0. The zero-order chi connectivity index (χ0) is 13.8. The van der Waals surface area contributed by atoms with Crippen molar-refractivity contribution in [2.75, 3.05) is 5.73 Å². The normalized spacial score (nSPS) is 13.1. The average Bonchev–Trinajstić information content (AvgIpc) is 3.01. The Balaban J connectivity index is 1.76. The summed E-state index contributed by atoms with van der Waals surface area (Å²) in [5.74, 6) is 0. The lowest BCUT2D eigenvalue weighted by Crippen LogP contribution is -1.82. The van der Waals surface area contributed by atoms with E-state index in [9.17, 15) is 0 Å². The molecule has 96 valence electrons. The summed E-state index contributed by atoms with van der Waals surface area (Å²) in [6, 6.07) is 16.3. The molecule has 0 atom stereocenters. The van der Waals surface area contributed by atoms with Gasteiger partial charge in [0.15, 0.2) is 0 Å². The molecule has 0 bridgehead atoms. The summed E-state index contributed by atoms with van der Waals surface area (Å²) in [6.45, 7) is 0. The number of anilines is 1. The van der Waals surface area contributed by atoms with Gasteiger partial charge in [-0.3, -0.25) is 0 Å². The monoisotopic (exact) mass is 257 g/mol. The molecule has 2 N–H and O–H groups in total. The SMILES string of the molecule is Nc1ccc(/C=C/c2ccc(C3=C=CC=C3)cc2)cc1. The molecular weight excluding hydrogens is 242 g/mol. The maximum absolute atomic E-state index is 5.67. The molecular formula is C19H15N. The molecule has 0 saturated carbocycles. The third-order valence-corrected chi connectivity index (χ3v) is 3.22. The molecule has 0 aliphatic heterocycles. The van der Waals surface area contributed by atoms with E-state index in [2.05, 4.69) is 48.2 Å². The fraction of sp³-hybridized carbons (Fsp3) is 0. The molecule has 0 aromatic heterocycles. The predicted molar refractivity (Wildman–Crippen MR) is 86.9 cm³/mol. The second-order valence-electron chi connectivity index (χ2n) is 4.71. The molecule has 20 heavy (non-hydrogen) atoms. The molecule has 0 fully saturated rings. The van der Waals surface area contributed by atoms with Gasteiger partial charge >= 0.3 is 0 Å². The number of nitrogens with two attached hydrogens (primary N) is 1. The lowest BCUT2D eigenvalue weighted by atomic mass is 10.0. The van der Waals surface area contributed by atoms with E-state index in [0.717, 1.165) is 16.8 Å². The highest BCUT2D eigenvalue weighted by Gasteiger charge is 1.98. The summed E-state index contributed by atoms with van der Waals surface area (Å²) in [5.41, 5.74) is 14.3. The van der Waals surface area contributed by atoms with Crippen LogP contribution in [0.4, 0.5) is 5.69 Å². The van der Waals surface area contributed by atoms with Crippen molar-refractivity contribution in [3.8, 4) is 0 Å². The Morgan fingerprint density at radius 2 is 1.40 bits per heavy atom. The van der Waals surface area contributed by atoms with E-state index in [1.165, 1.54) is 11.1 Å². The van der Waals surface area contributed by atoms with Crippen LogP contribution in [0.15, 0.2) is 72.5 Å². The Kier molecular flexibility index (Phi) is 3.36. The molecule has 2 aromatic carbocycles.